The van der Waals surface area contributed by atoms with Gasteiger partial charge in [-0.1, -0.05) is 20.8 Å². The number of morpholine rings is 1. The first-order valence-electron chi connectivity index (χ1n) is 8.91. The predicted octanol–water partition coefficient (Wildman–Crippen LogP) is 2.77. The van der Waals surface area contributed by atoms with Crippen molar-refractivity contribution in [2.45, 2.75) is 26.2 Å². The maximum absolute atomic E-state index is 11.6. The number of fused-ring (bicyclic) bond motifs is 1. The van der Waals surface area contributed by atoms with Crippen LogP contribution in [0.2, 0.25) is 0 Å². The monoisotopic (exact) mass is 370 g/mol. The molecule has 9 nitrogen and oxygen atoms in total. The van der Waals surface area contributed by atoms with Gasteiger partial charge < -0.3 is 9.64 Å². The lowest BCUT2D eigenvalue weighted by atomic mass is 9.93. The lowest BCUT2D eigenvalue weighted by Gasteiger charge is -2.28. The molecule has 1 aliphatic rings. The van der Waals surface area contributed by atoms with E-state index in [-0.39, 0.29) is 16.0 Å². The van der Waals surface area contributed by atoms with Crippen molar-refractivity contribution >= 4 is 17.0 Å². The normalized spacial score (nSPS) is 15.4. The highest BCUT2D eigenvalue weighted by molar-refractivity contribution is 5.72. The number of nitro groups is 1. The number of ether oxygens (including phenoxy) is 1. The Labute approximate surface area is 156 Å². The average molecular weight is 370 g/mol. The SMILES string of the molecule is CC(C)(C)c1cc2nc(-c3ccc(N4CCOCC4)c([N+](=O)[O-])c3)nn2[nH]1. The fourth-order valence-electron chi connectivity index (χ4n) is 3.16. The number of aromatic amines is 1. The molecule has 0 radical (unpaired) electrons. The second-order valence-corrected chi connectivity index (χ2v) is 7.69. The summed E-state index contributed by atoms with van der Waals surface area (Å²) in [6.45, 7) is 8.74. The summed E-state index contributed by atoms with van der Waals surface area (Å²) >= 11 is 0. The van der Waals surface area contributed by atoms with Gasteiger partial charge in [-0.25, -0.2) is 4.98 Å². The quantitative estimate of drug-likeness (QED) is 0.562. The van der Waals surface area contributed by atoms with Crippen LogP contribution in [0.5, 0.6) is 0 Å². The van der Waals surface area contributed by atoms with E-state index < -0.39 is 0 Å². The molecule has 0 saturated carbocycles. The Morgan fingerprint density at radius 3 is 2.59 bits per heavy atom. The molecule has 9 heteroatoms. The number of nitro benzene ring substituents is 1. The highest BCUT2D eigenvalue weighted by Gasteiger charge is 2.24. The van der Waals surface area contributed by atoms with Crippen LogP contribution >= 0.6 is 0 Å². The van der Waals surface area contributed by atoms with E-state index in [1.54, 1.807) is 16.8 Å². The highest BCUT2D eigenvalue weighted by Crippen LogP contribution is 2.33. The van der Waals surface area contributed by atoms with Gasteiger partial charge in [-0.15, -0.1) is 5.10 Å². The second kappa shape index (κ2) is 6.34. The lowest BCUT2D eigenvalue weighted by Crippen LogP contribution is -2.36. The number of nitrogens with zero attached hydrogens (tertiary/aromatic N) is 5. The fraction of sp³-hybridized carbons (Fsp3) is 0.444. The van der Waals surface area contributed by atoms with Crippen molar-refractivity contribution in [3.63, 3.8) is 0 Å². The van der Waals surface area contributed by atoms with Gasteiger partial charge in [0.1, 0.15) is 5.69 Å². The van der Waals surface area contributed by atoms with Crippen LogP contribution in [0.15, 0.2) is 24.3 Å². The third-order valence-electron chi connectivity index (χ3n) is 4.72. The van der Waals surface area contributed by atoms with E-state index in [1.807, 2.05) is 17.0 Å². The van der Waals surface area contributed by atoms with Crippen LogP contribution in [0.25, 0.3) is 17.0 Å². The first kappa shape index (κ1) is 17.5. The van der Waals surface area contributed by atoms with Gasteiger partial charge >= 0.3 is 0 Å². The zero-order chi connectivity index (χ0) is 19.2. The van der Waals surface area contributed by atoms with Crippen LogP contribution in [0, 0.1) is 10.1 Å². The van der Waals surface area contributed by atoms with Crippen LogP contribution in [0.3, 0.4) is 0 Å². The molecule has 2 aromatic heterocycles. The molecular formula is C18H22N6O3. The Morgan fingerprint density at radius 2 is 1.96 bits per heavy atom. The maximum Gasteiger partial charge on any atom is 0.293 e. The van der Waals surface area contributed by atoms with Crippen LogP contribution in [0.4, 0.5) is 11.4 Å². The number of aromatic nitrogens is 4. The molecule has 1 fully saturated rings. The summed E-state index contributed by atoms with van der Waals surface area (Å²) in [6.07, 6.45) is 0. The minimum atomic E-state index is -0.353. The number of H-pyrrole nitrogens is 1. The van der Waals surface area contributed by atoms with Gasteiger partial charge in [0, 0.05) is 41.9 Å². The number of hydrogen-bond acceptors (Lipinski definition) is 6. The molecule has 0 aliphatic carbocycles. The molecule has 27 heavy (non-hydrogen) atoms. The second-order valence-electron chi connectivity index (χ2n) is 7.69. The number of anilines is 1. The van der Waals surface area contributed by atoms with Gasteiger partial charge in [-0.2, -0.15) is 4.63 Å². The molecule has 0 atom stereocenters. The van der Waals surface area contributed by atoms with E-state index >= 15 is 0 Å². The summed E-state index contributed by atoms with van der Waals surface area (Å²) in [5.41, 5.74) is 2.96. The topological polar surface area (TPSA) is 102 Å². The van der Waals surface area contributed by atoms with Gasteiger partial charge in [0.15, 0.2) is 11.5 Å². The molecular weight excluding hydrogens is 348 g/mol. The molecule has 0 bridgehead atoms. The third kappa shape index (κ3) is 3.25. The average Bonchev–Trinajstić information content (AvgIpc) is 3.21. The Hall–Kier alpha value is -2.94. The Balaban J connectivity index is 1.71. The van der Waals surface area contributed by atoms with Crippen LogP contribution in [-0.4, -0.2) is 51.0 Å². The summed E-state index contributed by atoms with van der Waals surface area (Å²) in [4.78, 5) is 17.8. The summed E-state index contributed by atoms with van der Waals surface area (Å²) in [5, 5.41) is 19.3. The number of rotatable bonds is 3. The minimum Gasteiger partial charge on any atom is -0.378 e. The Bertz CT molecular complexity index is 963. The van der Waals surface area contributed by atoms with E-state index in [0.29, 0.717) is 49.0 Å². The smallest absolute Gasteiger partial charge is 0.293 e. The molecule has 1 saturated heterocycles. The van der Waals surface area contributed by atoms with Crippen LogP contribution < -0.4 is 4.90 Å². The number of hydrogen-bond donors (Lipinski definition) is 1. The maximum atomic E-state index is 11.6. The van der Waals surface area contributed by atoms with E-state index in [1.165, 1.54) is 0 Å². The molecule has 3 heterocycles. The number of nitrogens with one attached hydrogen (secondary N) is 1. The molecule has 142 valence electrons. The molecule has 0 unspecified atom stereocenters. The van der Waals surface area contributed by atoms with Crippen molar-refractivity contribution in [3.05, 3.63) is 40.1 Å². The fourth-order valence-corrected chi connectivity index (χ4v) is 3.16. The van der Waals surface area contributed by atoms with Crippen LogP contribution in [-0.2, 0) is 10.2 Å². The summed E-state index contributed by atoms with van der Waals surface area (Å²) < 4.78 is 6.94. The standard InChI is InChI=1S/C18H22N6O3/c1-18(2,3)15-11-16-19-17(21-23(16)20-15)12-4-5-13(14(10-12)24(25)26)22-6-8-27-9-7-22/h4-5,10-11,20H,6-9H2,1-3H3. The summed E-state index contributed by atoms with van der Waals surface area (Å²) in [6, 6.07) is 7.10. The van der Waals surface area contributed by atoms with Crippen molar-refractivity contribution in [2.24, 2.45) is 0 Å². The molecule has 3 aromatic rings. The van der Waals surface area contributed by atoms with E-state index in [4.69, 9.17) is 4.74 Å². The first-order valence-corrected chi connectivity index (χ1v) is 8.91. The van der Waals surface area contributed by atoms with Gasteiger partial charge in [0.05, 0.1) is 18.1 Å². The third-order valence-corrected chi connectivity index (χ3v) is 4.72. The van der Waals surface area contributed by atoms with E-state index in [0.717, 1.165) is 5.69 Å². The molecule has 0 spiro atoms. The van der Waals surface area contributed by atoms with Crippen molar-refractivity contribution in [1.82, 2.24) is 19.8 Å². The predicted molar refractivity (Wildman–Crippen MR) is 101 cm³/mol. The Kier molecular flexibility index (Phi) is 4.11. The Morgan fingerprint density at radius 1 is 1.22 bits per heavy atom. The lowest BCUT2D eigenvalue weighted by molar-refractivity contribution is -0.384. The zero-order valence-corrected chi connectivity index (χ0v) is 15.6. The van der Waals surface area contributed by atoms with Crippen molar-refractivity contribution in [2.75, 3.05) is 31.2 Å². The van der Waals surface area contributed by atoms with Crippen molar-refractivity contribution in [3.8, 4) is 11.4 Å². The van der Waals surface area contributed by atoms with Gasteiger partial charge in [-0.3, -0.25) is 15.2 Å². The summed E-state index contributed by atoms with van der Waals surface area (Å²) in [7, 11) is 0. The molecule has 1 N–H and O–H groups in total. The number of benzene rings is 1. The van der Waals surface area contributed by atoms with E-state index in [9.17, 15) is 10.1 Å². The largest absolute Gasteiger partial charge is 0.378 e. The molecule has 0 amide bonds. The highest BCUT2D eigenvalue weighted by atomic mass is 16.6. The van der Waals surface area contributed by atoms with Crippen molar-refractivity contribution in [1.29, 1.82) is 0 Å². The molecule has 4 rings (SSSR count). The zero-order valence-electron chi connectivity index (χ0n) is 15.6. The van der Waals surface area contributed by atoms with Gasteiger partial charge in [0.2, 0.25) is 0 Å². The van der Waals surface area contributed by atoms with Crippen LogP contribution in [0.1, 0.15) is 26.5 Å². The van der Waals surface area contributed by atoms with Crippen molar-refractivity contribution < 1.29 is 9.66 Å². The van der Waals surface area contributed by atoms with Gasteiger partial charge in [0.25, 0.3) is 5.69 Å². The molecule has 1 aromatic carbocycles. The van der Waals surface area contributed by atoms with E-state index in [2.05, 4.69) is 36.0 Å². The minimum absolute atomic E-state index is 0.0405. The molecule has 1 aliphatic heterocycles. The van der Waals surface area contributed by atoms with Gasteiger partial charge in [-0.05, 0) is 12.1 Å². The first-order chi connectivity index (χ1) is 12.8. The summed E-state index contributed by atoms with van der Waals surface area (Å²) in [5.74, 6) is 0.457.